The van der Waals surface area contributed by atoms with Crippen molar-refractivity contribution >= 4 is 23.6 Å². The van der Waals surface area contributed by atoms with Crippen LogP contribution in [-0.2, 0) is 39.3 Å². The van der Waals surface area contributed by atoms with E-state index in [2.05, 4.69) is 15.5 Å². The number of hydrogen-bond donors (Lipinski definition) is 3. The van der Waals surface area contributed by atoms with Gasteiger partial charge in [-0.25, -0.2) is 0 Å². The van der Waals surface area contributed by atoms with Gasteiger partial charge >= 0.3 is 5.97 Å². The van der Waals surface area contributed by atoms with E-state index < -0.39 is 12.3 Å². The highest BCUT2D eigenvalue weighted by atomic mass is 32.2. The molecule has 3 atom stereocenters. The van der Waals surface area contributed by atoms with Crippen molar-refractivity contribution in [3.05, 3.63) is 77.1 Å². The lowest BCUT2D eigenvalue weighted by Crippen LogP contribution is -2.31. The summed E-state index contributed by atoms with van der Waals surface area (Å²) in [7, 11) is 1.90. The second-order valence-electron chi connectivity index (χ2n) is 8.80. The van der Waals surface area contributed by atoms with Crippen LogP contribution >= 0.6 is 11.8 Å². The Morgan fingerprint density at radius 1 is 1.05 bits per heavy atom. The van der Waals surface area contributed by atoms with Crippen LogP contribution in [0.1, 0.15) is 53.9 Å². The van der Waals surface area contributed by atoms with Crippen LogP contribution in [0.3, 0.4) is 0 Å². The lowest BCUT2D eigenvalue weighted by atomic mass is 10.0. The number of aromatic nitrogens is 3. The number of carboxylic acid groups (broad SMARTS) is 1. The molecule has 3 aromatic rings. The van der Waals surface area contributed by atoms with Gasteiger partial charge in [-0.05, 0) is 16.7 Å². The third kappa shape index (κ3) is 7.62. The SMILES string of the molecule is Cn1cnnc1SC[C@H]1C[C@@H](c2ccc(CO)cc2)O[C@@H](c2ccc(CNC(=O)CCC(=O)O)cc2)O1. The Morgan fingerprint density at radius 2 is 1.76 bits per heavy atom. The number of hydrogen-bond acceptors (Lipinski definition) is 8. The fourth-order valence-electron chi connectivity index (χ4n) is 3.90. The van der Waals surface area contributed by atoms with Crippen LogP contribution in [0, 0.1) is 0 Å². The van der Waals surface area contributed by atoms with Gasteiger partial charge in [-0.1, -0.05) is 60.3 Å². The summed E-state index contributed by atoms with van der Waals surface area (Å²) in [4.78, 5) is 22.4. The van der Waals surface area contributed by atoms with Crippen molar-refractivity contribution in [3.63, 3.8) is 0 Å². The third-order valence-corrected chi connectivity index (χ3v) is 7.16. The number of benzene rings is 2. The maximum Gasteiger partial charge on any atom is 0.303 e. The summed E-state index contributed by atoms with van der Waals surface area (Å²) in [6.07, 6.45) is 1.21. The van der Waals surface area contributed by atoms with Gasteiger partial charge in [0.2, 0.25) is 5.91 Å². The topological polar surface area (TPSA) is 136 Å². The van der Waals surface area contributed by atoms with Gasteiger partial charge < -0.3 is 29.6 Å². The number of aliphatic hydroxyl groups is 1. The Labute approximate surface area is 219 Å². The summed E-state index contributed by atoms with van der Waals surface area (Å²) in [5, 5.41) is 29.7. The van der Waals surface area contributed by atoms with Crippen LogP contribution in [0.4, 0.5) is 0 Å². The molecular formula is C26H30N4O6S. The predicted octanol–water partition coefficient (Wildman–Crippen LogP) is 3.13. The third-order valence-electron chi connectivity index (χ3n) is 5.99. The highest BCUT2D eigenvalue weighted by Crippen LogP contribution is 2.39. The Balaban J connectivity index is 1.43. The summed E-state index contributed by atoms with van der Waals surface area (Å²) in [5.41, 5.74) is 3.59. The molecule has 2 heterocycles. The molecule has 0 radical (unpaired) electrons. The first-order chi connectivity index (χ1) is 17.9. The first-order valence-electron chi connectivity index (χ1n) is 12.0. The van der Waals surface area contributed by atoms with Crippen LogP contribution in [0.25, 0.3) is 0 Å². The maximum absolute atomic E-state index is 11.8. The van der Waals surface area contributed by atoms with Crippen LogP contribution in [0.2, 0.25) is 0 Å². The number of ether oxygens (including phenoxy) is 2. The molecular weight excluding hydrogens is 496 g/mol. The molecule has 1 amide bonds. The summed E-state index contributed by atoms with van der Waals surface area (Å²) < 4.78 is 14.6. The lowest BCUT2D eigenvalue weighted by Gasteiger charge is -2.36. The van der Waals surface area contributed by atoms with E-state index in [9.17, 15) is 14.7 Å². The molecule has 1 saturated heterocycles. The van der Waals surface area contributed by atoms with Gasteiger partial charge in [-0.3, -0.25) is 9.59 Å². The van der Waals surface area contributed by atoms with Gasteiger partial charge in [0, 0.05) is 37.8 Å². The number of aryl methyl sites for hydroxylation is 1. The molecule has 0 aliphatic carbocycles. The average molecular weight is 527 g/mol. The molecule has 10 nitrogen and oxygen atoms in total. The highest BCUT2D eigenvalue weighted by Gasteiger charge is 2.32. The number of nitrogens with one attached hydrogen (secondary N) is 1. The van der Waals surface area contributed by atoms with E-state index in [1.54, 1.807) is 18.1 Å². The number of aliphatic hydroxyl groups excluding tert-OH is 1. The number of carboxylic acids is 1. The number of carbonyl (C=O) groups excluding carboxylic acids is 1. The Morgan fingerprint density at radius 3 is 2.41 bits per heavy atom. The molecule has 0 bridgehead atoms. The minimum atomic E-state index is -0.997. The fourth-order valence-corrected chi connectivity index (χ4v) is 4.80. The van der Waals surface area contributed by atoms with Crippen LogP contribution in [0.5, 0.6) is 0 Å². The fraction of sp³-hybridized carbons (Fsp3) is 0.385. The minimum Gasteiger partial charge on any atom is -0.481 e. The van der Waals surface area contributed by atoms with Crippen molar-refractivity contribution in [2.75, 3.05) is 5.75 Å². The summed E-state index contributed by atoms with van der Waals surface area (Å²) in [6, 6.07) is 15.3. The van der Waals surface area contributed by atoms with Crippen molar-refractivity contribution < 1.29 is 29.3 Å². The molecule has 0 unspecified atom stereocenters. The standard InChI is InChI=1S/C26H30N4O6S/c1-30-16-28-29-26(30)37-15-21-12-22(19-6-4-18(14-31)5-7-19)36-25(35-21)20-8-2-17(3-9-20)13-27-23(32)10-11-24(33)34/h2-9,16,21-22,25,31H,10-15H2,1H3,(H,27,32)(H,33,34)/t21-,22+,25+/m1/s1. The van der Waals surface area contributed by atoms with Crippen molar-refractivity contribution in [1.82, 2.24) is 20.1 Å². The van der Waals surface area contributed by atoms with E-state index in [1.165, 1.54) is 0 Å². The molecule has 1 aliphatic rings. The Kier molecular flexibility index (Phi) is 9.29. The molecule has 1 fully saturated rings. The van der Waals surface area contributed by atoms with Gasteiger partial charge in [-0.15, -0.1) is 10.2 Å². The monoisotopic (exact) mass is 526 g/mol. The van der Waals surface area contributed by atoms with E-state index in [0.29, 0.717) is 18.7 Å². The maximum atomic E-state index is 11.8. The molecule has 0 spiro atoms. The zero-order valence-electron chi connectivity index (χ0n) is 20.4. The smallest absolute Gasteiger partial charge is 0.303 e. The number of nitrogens with zero attached hydrogens (tertiary/aromatic N) is 3. The first-order valence-corrected chi connectivity index (χ1v) is 12.9. The Hall–Kier alpha value is -3.25. The molecule has 196 valence electrons. The zero-order valence-corrected chi connectivity index (χ0v) is 21.3. The molecule has 37 heavy (non-hydrogen) atoms. The summed E-state index contributed by atoms with van der Waals surface area (Å²) in [6.45, 7) is 0.294. The lowest BCUT2D eigenvalue weighted by molar-refractivity contribution is -0.245. The van der Waals surface area contributed by atoms with Crippen LogP contribution < -0.4 is 5.32 Å². The quantitative estimate of drug-likeness (QED) is 0.322. The zero-order chi connectivity index (χ0) is 26.2. The Bertz CT molecular complexity index is 1180. The van der Waals surface area contributed by atoms with Crippen molar-refractivity contribution in [2.45, 2.75) is 56.1 Å². The number of rotatable bonds is 11. The molecule has 0 saturated carbocycles. The summed E-state index contributed by atoms with van der Waals surface area (Å²) >= 11 is 1.58. The van der Waals surface area contributed by atoms with Crippen molar-refractivity contribution in [2.24, 2.45) is 7.05 Å². The average Bonchev–Trinajstić information content (AvgIpc) is 3.34. The van der Waals surface area contributed by atoms with Crippen molar-refractivity contribution in [3.8, 4) is 0 Å². The summed E-state index contributed by atoms with van der Waals surface area (Å²) in [5.74, 6) is -0.621. The largest absolute Gasteiger partial charge is 0.481 e. The number of thioether (sulfide) groups is 1. The second kappa shape index (κ2) is 12.8. The first kappa shape index (κ1) is 26.8. The van der Waals surface area contributed by atoms with E-state index in [-0.39, 0.29) is 37.6 Å². The predicted molar refractivity (Wildman–Crippen MR) is 135 cm³/mol. The van der Waals surface area contributed by atoms with Crippen LogP contribution in [-0.4, -0.2) is 48.7 Å². The molecule has 3 N–H and O–H groups in total. The van der Waals surface area contributed by atoms with E-state index in [4.69, 9.17) is 14.6 Å². The minimum absolute atomic E-state index is 0.0130. The normalized spacial score (nSPS) is 19.5. The van der Waals surface area contributed by atoms with Crippen molar-refractivity contribution in [1.29, 1.82) is 0 Å². The molecule has 4 rings (SSSR count). The van der Waals surface area contributed by atoms with E-state index in [0.717, 1.165) is 27.4 Å². The van der Waals surface area contributed by atoms with Gasteiger partial charge in [0.25, 0.3) is 0 Å². The van der Waals surface area contributed by atoms with Gasteiger partial charge in [0.05, 0.1) is 25.2 Å². The number of amides is 1. The van der Waals surface area contributed by atoms with Gasteiger partial charge in [0.1, 0.15) is 6.33 Å². The van der Waals surface area contributed by atoms with Crippen LogP contribution in [0.15, 0.2) is 60.0 Å². The highest BCUT2D eigenvalue weighted by molar-refractivity contribution is 7.99. The van der Waals surface area contributed by atoms with Gasteiger partial charge in [0.15, 0.2) is 11.4 Å². The second-order valence-corrected chi connectivity index (χ2v) is 9.78. The number of carbonyl (C=O) groups is 2. The van der Waals surface area contributed by atoms with E-state index >= 15 is 0 Å². The molecule has 1 aromatic heterocycles. The number of aliphatic carboxylic acids is 1. The molecule has 2 aromatic carbocycles. The van der Waals surface area contributed by atoms with E-state index in [1.807, 2.05) is 60.1 Å². The molecule has 1 aliphatic heterocycles. The molecule has 11 heteroatoms. The van der Waals surface area contributed by atoms with Gasteiger partial charge in [-0.2, -0.15) is 0 Å².